The van der Waals surface area contributed by atoms with E-state index >= 15 is 0 Å². The number of fused-ring (bicyclic) bond motifs is 1. The molecule has 0 spiro atoms. The third-order valence-electron chi connectivity index (χ3n) is 3.84. The zero-order chi connectivity index (χ0) is 16.7. The lowest BCUT2D eigenvalue weighted by Crippen LogP contribution is -2.41. The number of aliphatic imine (C=N–C) groups is 1. The first-order chi connectivity index (χ1) is 11.1. The van der Waals surface area contributed by atoms with Gasteiger partial charge in [-0.2, -0.15) is 0 Å². The van der Waals surface area contributed by atoms with Crippen LogP contribution in [0.3, 0.4) is 0 Å². The summed E-state index contributed by atoms with van der Waals surface area (Å²) in [7, 11) is 0. The van der Waals surface area contributed by atoms with Crippen LogP contribution in [0.15, 0.2) is 29.3 Å². The number of carbonyl (C=O) groups is 1. The van der Waals surface area contributed by atoms with Crippen LogP contribution < -0.4 is 16.0 Å². The second kappa shape index (κ2) is 8.53. The van der Waals surface area contributed by atoms with Gasteiger partial charge in [0, 0.05) is 44.3 Å². The van der Waals surface area contributed by atoms with E-state index in [0.717, 1.165) is 23.8 Å². The summed E-state index contributed by atoms with van der Waals surface area (Å²) in [6.45, 7) is 6.06. The summed E-state index contributed by atoms with van der Waals surface area (Å²) >= 11 is 0. The number of benzene rings is 1. The molecule has 2 unspecified atom stereocenters. The Bertz CT molecular complexity index is 559. The first kappa shape index (κ1) is 17.3. The molecule has 0 bridgehead atoms. The molecule has 0 saturated heterocycles. The predicted molar refractivity (Wildman–Crippen MR) is 92.7 cm³/mol. The maximum Gasteiger partial charge on any atom is 0.225 e. The van der Waals surface area contributed by atoms with Gasteiger partial charge in [0.15, 0.2) is 5.96 Å². The van der Waals surface area contributed by atoms with E-state index in [1.54, 1.807) is 0 Å². The molecule has 1 aliphatic heterocycles. The van der Waals surface area contributed by atoms with E-state index in [-0.39, 0.29) is 24.3 Å². The summed E-state index contributed by atoms with van der Waals surface area (Å²) in [6.07, 6.45) is 0.469. The second-order valence-corrected chi connectivity index (χ2v) is 5.92. The number of rotatable bonds is 6. The molecule has 1 amide bonds. The molecule has 0 saturated carbocycles. The number of aliphatic hydroxyl groups excluding tert-OH is 1. The lowest BCUT2D eigenvalue weighted by atomic mass is 9.90. The van der Waals surface area contributed by atoms with Gasteiger partial charge in [-0.3, -0.25) is 9.79 Å². The fraction of sp³-hybridized carbons (Fsp3) is 0.529. The molecule has 2 rings (SSSR count). The van der Waals surface area contributed by atoms with Gasteiger partial charge in [-0.25, -0.2) is 0 Å². The molecule has 1 aromatic carbocycles. The third-order valence-corrected chi connectivity index (χ3v) is 3.84. The van der Waals surface area contributed by atoms with Crippen molar-refractivity contribution in [1.82, 2.24) is 10.6 Å². The first-order valence-corrected chi connectivity index (χ1v) is 8.15. The molecule has 0 aliphatic carbocycles. The van der Waals surface area contributed by atoms with Crippen molar-refractivity contribution in [3.63, 3.8) is 0 Å². The summed E-state index contributed by atoms with van der Waals surface area (Å²) < 4.78 is 0. The monoisotopic (exact) mass is 318 g/mol. The number of hydrogen-bond donors (Lipinski definition) is 4. The van der Waals surface area contributed by atoms with Gasteiger partial charge in [0.25, 0.3) is 0 Å². The SMILES string of the molecule is CCNC(=NCC(C)CO)NCC1CC(=O)Nc2ccccc21. The van der Waals surface area contributed by atoms with Crippen molar-refractivity contribution >= 4 is 17.6 Å². The molecule has 6 heteroatoms. The van der Waals surface area contributed by atoms with Gasteiger partial charge < -0.3 is 21.1 Å². The van der Waals surface area contributed by atoms with Crippen LogP contribution >= 0.6 is 0 Å². The Morgan fingerprint density at radius 1 is 1.43 bits per heavy atom. The Kier molecular flexibility index (Phi) is 6.40. The summed E-state index contributed by atoms with van der Waals surface area (Å²) in [4.78, 5) is 16.3. The molecule has 2 atom stereocenters. The molecular weight excluding hydrogens is 292 g/mol. The highest BCUT2D eigenvalue weighted by molar-refractivity contribution is 5.94. The van der Waals surface area contributed by atoms with Crippen LogP contribution in [0.2, 0.25) is 0 Å². The van der Waals surface area contributed by atoms with Crippen LogP contribution in [0.4, 0.5) is 5.69 Å². The van der Waals surface area contributed by atoms with E-state index in [2.05, 4.69) is 27.0 Å². The molecule has 1 aliphatic rings. The molecule has 0 radical (unpaired) electrons. The number of guanidine groups is 1. The van der Waals surface area contributed by atoms with Gasteiger partial charge in [0.2, 0.25) is 5.91 Å². The first-order valence-electron chi connectivity index (χ1n) is 8.15. The zero-order valence-corrected chi connectivity index (χ0v) is 13.8. The Morgan fingerprint density at radius 2 is 2.22 bits per heavy atom. The van der Waals surface area contributed by atoms with Crippen LogP contribution in [0.25, 0.3) is 0 Å². The molecule has 1 heterocycles. The summed E-state index contributed by atoms with van der Waals surface area (Å²) in [5.74, 6) is 1.02. The smallest absolute Gasteiger partial charge is 0.225 e. The van der Waals surface area contributed by atoms with Crippen LogP contribution in [-0.2, 0) is 4.79 Å². The highest BCUT2D eigenvalue weighted by atomic mass is 16.3. The Labute approximate surface area is 137 Å². The minimum atomic E-state index is 0.0475. The predicted octanol–water partition coefficient (Wildman–Crippen LogP) is 1.30. The molecule has 0 aromatic heterocycles. The fourth-order valence-corrected chi connectivity index (χ4v) is 2.55. The van der Waals surface area contributed by atoms with E-state index in [0.29, 0.717) is 19.5 Å². The standard InChI is InChI=1S/C17H26N4O2/c1-3-18-17(19-9-12(2)11-22)20-10-13-8-16(23)21-15-7-5-4-6-14(13)15/h4-7,12-13,22H,3,8-11H2,1-2H3,(H,21,23)(H2,18,19,20). The largest absolute Gasteiger partial charge is 0.396 e. The molecule has 4 N–H and O–H groups in total. The van der Waals surface area contributed by atoms with E-state index in [1.807, 2.05) is 32.0 Å². The zero-order valence-electron chi connectivity index (χ0n) is 13.8. The molecule has 1 aromatic rings. The van der Waals surface area contributed by atoms with Gasteiger partial charge in [-0.05, 0) is 24.5 Å². The number of amides is 1. The number of nitrogens with one attached hydrogen (secondary N) is 3. The summed E-state index contributed by atoms with van der Waals surface area (Å²) in [5, 5.41) is 18.5. The lowest BCUT2D eigenvalue weighted by Gasteiger charge is -2.26. The molecule has 6 nitrogen and oxygen atoms in total. The molecule has 0 fully saturated rings. The quantitative estimate of drug-likeness (QED) is 0.470. The van der Waals surface area contributed by atoms with Crippen molar-refractivity contribution in [1.29, 1.82) is 0 Å². The number of hydrogen-bond acceptors (Lipinski definition) is 3. The highest BCUT2D eigenvalue weighted by Gasteiger charge is 2.24. The van der Waals surface area contributed by atoms with Crippen molar-refractivity contribution in [2.75, 3.05) is 31.6 Å². The Balaban J connectivity index is 2.01. The van der Waals surface area contributed by atoms with Gasteiger partial charge in [0.05, 0.1) is 0 Å². The van der Waals surface area contributed by atoms with E-state index < -0.39 is 0 Å². The van der Waals surface area contributed by atoms with Gasteiger partial charge in [-0.1, -0.05) is 25.1 Å². The average molecular weight is 318 g/mol. The Hall–Kier alpha value is -2.08. The van der Waals surface area contributed by atoms with E-state index in [9.17, 15) is 4.79 Å². The molecule has 126 valence electrons. The van der Waals surface area contributed by atoms with Crippen LogP contribution in [-0.4, -0.2) is 43.2 Å². The summed E-state index contributed by atoms with van der Waals surface area (Å²) in [5.41, 5.74) is 2.05. The fourth-order valence-electron chi connectivity index (χ4n) is 2.55. The van der Waals surface area contributed by atoms with Crippen LogP contribution in [0, 0.1) is 5.92 Å². The van der Waals surface area contributed by atoms with Crippen molar-refractivity contribution in [2.45, 2.75) is 26.2 Å². The second-order valence-electron chi connectivity index (χ2n) is 5.92. The minimum absolute atomic E-state index is 0.0475. The summed E-state index contributed by atoms with van der Waals surface area (Å²) in [6, 6.07) is 7.91. The van der Waals surface area contributed by atoms with Crippen molar-refractivity contribution in [3.05, 3.63) is 29.8 Å². The van der Waals surface area contributed by atoms with Crippen molar-refractivity contribution in [3.8, 4) is 0 Å². The number of aliphatic hydroxyl groups is 1. The van der Waals surface area contributed by atoms with Crippen molar-refractivity contribution < 1.29 is 9.90 Å². The normalized spacial score (nSPS) is 18.8. The lowest BCUT2D eigenvalue weighted by molar-refractivity contribution is -0.116. The topological polar surface area (TPSA) is 85.8 Å². The van der Waals surface area contributed by atoms with Crippen molar-refractivity contribution in [2.24, 2.45) is 10.9 Å². The number of nitrogens with zero attached hydrogens (tertiary/aromatic N) is 1. The number of carbonyl (C=O) groups excluding carboxylic acids is 1. The van der Waals surface area contributed by atoms with Crippen LogP contribution in [0.5, 0.6) is 0 Å². The number of anilines is 1. The van der Waals surface area contributed by atoms with Gasteiger partial charge in [-0.15, -0.1) is 0 Å². The van der Waals surface area contributed by atoms with Gasteiger partial charge >= 0.3 is 0 Å². The minimum Gasteiger partial charge on any atom is -0.396 e. The highest BCUT2D eigenvalue weighted by Crippen LogP contribution is 2.31. The van der Waals surface area contributed by atoms with Crippen LogP contribution in [0.1, 0.15) is 31.7 Å². The maximum absolute atomic E-state index is 11.8. The average Bonchev–Trinajstić information content (AvgIpc) is 2.56. The maximum atomic E-state index is 11.8. The van der Waals surface area contributed by atoms with E-state index in [4.69, 9.17) is 5.11 Å². The number of para-hydroxylation sites is 1. The Morgan fingerprint density at radius 3 is 2.96 bits per heavy atom. The van der Waals surface area contributed by atoms with Gasteiger partial charge in [0.1, 0.15) is 0 Å². The third kappa shape index (κ3) is 4.96. The van der Waals surface area contributed by atoms with E-state index in [1.165, 1.54) is 0 Å². The molecular formula is C17H26N4O2. The molecule has 23 heavy (non-hydrogen) atoms.